The van der Waals surface area contributed by atoms with Crippen LogP contribution in [-0.2, 0) is 4.74 Å². The molecule has 0 heterocycles. The smallest absolute Gasteiger partial charge is 0.120 e. The summed E-state index contributed by atoms with van der Waals surface area (Å²) in [6.07, 6.45) is 3.44. The number of rotatable bonds is 10. The van der Waals surface area contributed by atoms with Gasteiger partial charge in [0.1, 0.15) is 11.4 Å². The second kappa shape index (κ2) is 9.32. The highest BCUT2D eigenvalue weighted by Gasteiger charge is 2.19. The van der Waals surface area contributed by atoms with Gasteiger partial charge in [0, 0.05) is 20.1 Å². The summed E-state index contributed by atoms with van der Waals surface area (Å²) in [5.74, 6) is 3.09. The van der Waals surface area contributed by atoms with Gasteiger partial charge in [-0.1, -0.05) is 39.8 Å². The molecule has 2 nitrogen and oxygen atoms in total. The van der Waals surface area contributed by atoms with Crippen molar-refractivity contribution in [3.8, 4) is 5.75 Å². The molecule has 1 aromatic rings. The molecule has 2 unspecified atom stereocenters. The highest BCUT2D eigenvalue weighted by molar-refractivity contribution is 5.29. The lowest BCUT2D eigenvalue weighted by Crippen LogP contribution is -2.29. The molecule has 1 rings (SSSR count). The minimum atomic E-state index is -0.199. The first-order valence-electron chi connectivity index (χ1n) is 9.01. The van der Waals surface area contributed by atoms with Crippen molar-refractivity contribution in [1.29, 1.82) is 0 Å². The van der Waals surface area contributed by atoms with E-state index in [1.54, 1.807) is 7.11 Å². The average molecular weight is 321 g/mol. The number of ether oxygens (including phenoxy) is 2. The van der Waals surface area contributed by atoms with Crippen LogP contribution in [-0.4, -0.2) is 19.3 Å². The van der Waals surface area contributed by atoms with Gasteiger partial charge in [0.15, 0.2) is 0 Å². The van der Waals surface area contributed by atoms with Gasteiger partial charge in [-0.2, -0.15) is 0 Å². The zero-order valence-electron chi connectivity index (χ0n) is 16.2. The van der Waals surface area contributed by atoms with Crippen molar-refractivity contribution in [2.75, 3.05) is 13.7 Å². The van der Waals surface area contributed by atoms with Crippen molar-refractivity contribution in [3.63, 3.8) is 0 Å². The van der Waals surface area contributed by atoms with E-state index in [1.165, 1.54) is 18.4 Å². The molecule has 0 aliphatic carbocycles. The lowest BCUT2D eigenvalue weighted by molar-refractivity contribution is 0.0630. The van der Waals surface area contributed by atoms with Gasteiger partial charge in [-0.3, -0.25) is 0 Å². The summed E-state index contributed by atoms with van der Waals surface area (Å²) < 4.78 is 11.2. The van der Waals surface area contributed by atoms with Crippen molar-refractivity contribution in [1.82, 2.24) is 0 Å². The van der Waals surface area contributed by atoms with Gasteiger partial charge >= 0.3 is 0 Å². The van der Waals surface area contributed by atoms with E-state index in [-0.39, 0.29) is 5.60 Å². The average Bonchev–Trinajstić information content (AvgIpc) is 2.44. The maximum absolute atomic E-state index is 6.09. The maximum atomic E-state index is 6.09. The summed E-state index contributed by atoms with van der Waals surface area (Å²) in [4.78, 5) is 0. The first kappa shape index (κ1) is 20.0. The van der Waals surface area contributed by atoms with E-state index in [9.17, 15) is 0 Å². The van der Waals surface area contributed by atoms with E-state index in [0.29, 0.717) is 5.92 Å². The SMILES string of the molecule is COCCC(C)(C)Oc1ccc(C(C)CC(C)CC(C)C)cc1. The molecule has 0 amide bonds. The van der Waals surface area contributed by atoms with Crippen LogP contribution in [0.4, 0.5) is 0 Å². The Morgan fingerprint density at radius 3 is 2.09 bits per heavy atom. The van der Waals surface area contributed by atoms with Gasteiger partial charge in [-0.05, 0) is 62.1 Å². The van der Waals surface area contributed by atoms with Gasteiger partial charge in [-0.15, -0.1) is 0 Å². The zero-order valence-corrected chi connectivity index (χ0v) is 16.2. The second-order valence-electron chi connectivity index (χ2n) is 8.05. The van der Waals surface area contributed by atoms with Crippen LogP contribution in [0, 0.1) is 11.8 Å². The third-order valence-electron chi connectivity index (χ3n) is 4.38. The number of methoxy groups -OCH3 is 1. The van der Waals surface area contributed by atoms with Crippen molar-refractivity contribution < 1.29 is 9.47 Å². The second-order valence-corrected chi connectivity index (χ2v) is 8.05. The summed E-state index contributed by atoms with van der Waals surface area (Å²) >= 11 is 0. The largest absolute Gasteiger partial charge is 0.488 e. The predicted molar refractivity (Wildman–Crippen MR) is 99.3 cm³/mol. The summed E-state index contributed by atoms with van der Waals surface area (Å²) in [5, 5.41) is 0. The minimum absolute atomic E-state index is 0.199. The van der Waals surface area contributed by atoms with Crippen LogP contribution in [0.25, 0.3) is 0 Å². The molecule has 0 bridgehead atoms. The van der Waals surface area contributed by atoms with E-state index in [4.69, 9.17) is 9.47 Å². The van der Waals surface area contributed by atoms with Crippen LogP contribution in [0.15, 0.2) is 24.3 Å². The van der Waals surface area contributed by atoms with E-state index in [1.807, 2.05) is 0 Å². The predicted octanol–water partition coefficient (Wildman–Crippen LogP) is 6.06. The molecule has 0 aliphatic rings. The summed E-state index contributed by atoms with van der Waals surface area (Å²) in [7, 11) is 1.73. The van der Waals surface area contributed by atoms with Crippen LogP contribution in [0.3, 0.4) is 0 Å². The lowest BCUT2D eigenvalue weighted by Gasteiger charge is -2.26. The molecule has 0 fully saturated rings. The number of benzene rings is 1. The topological polar surface area (TPSA) is 18.5 Å². The van der Waals surface area contributed by atoms with Gasteiger partial charge in [0.05, 0.1) is 0 Å². The summed E-state index contributed by atoms with van der Waals surface area (Å²) in [6.45, 7) is 14.2. The molecule has 0 aromatic heterocycles. The summed E-state index contributed by atoms with van der Waals surface area (Å²) in [5.41, 5.74) is 1.21. The van der Waals surface area contributed by atoms with Crippen molar-refractivity contribution >= 4 is 0 Å². The zero-order chi connectivity index (χ0) is 17.5. The first-order chi connectivity index (χ1) is 10.7. The Balaban J connectivity index is 2.58. The quantitative estimate of drug-likeness (QED) is 0.522. The minimum Gasteiger partial charge on any atom is -0.488 e. The molecule has 0 saturated heterocycles. The van der Waals surface area contributed by atoms with Crippen LogP contribution >= 0.6 is 0 Å². The Hall–Kier alpha value is -1.02. The Morgan fingerprint density at radius 1 is 0.957 bits per heavy atom. The third-order valence-corrected chi connectivity index (χ3v) is 4.38. The van der Waals surface area contributed by atoms with Crippen molar-refractivity contribution in [2.45, 2.75) is 72.3 Å². The highest BCUT2D eigenvalue weighted by atomic mass is 16.5. The van der Waals surface area contributed by atoms with Crippen LogP contribution in [0.5, 0.6) is 5.75 Å². The van der Waals surface area contributed by atoms with E-state index in [2.05, 4.69) is 65.8 Å². The van der Waals surface area contributed by atoms with E-state index < -0.39 is 0 Å². The molecule has 1 aromatic carbocycles. The molecule has 0 radical (unpaired) electrons. The molecule has 23 heavy (non-hydrogen) atoms. The molecular weight excluding hydrogens is 284 g/mol. The molecule has 0 saturated carbocycles. The normalized spacial score (nSPS) is 14.8. The fourth-order valence-electron chi connectivity index (χ4n) is 3.22. The molecule has 132 valence electrons. The standard InChI is InChI=1S/C21H36O2/c1-16(2)14-17(3)15-18(4)19-8-10-20(11-9-19)23-21(5,6)12-13-22-7/h8-11,16-18H,12-15H2,1-7H3. The Bertz CT molecular complexity index is 434. The highest BCUT2D eigenvalue weighted by Crippen LogP contribution is 2.29. The maximum Gasteiger partial charge on any atom is 0.120 e. The van der Waals surface area contributed by atoms with Gasteiger partial charge in [0.25, 0.3) is 0 Å². The van der Waals surface area contributed by atoms with Crippen molar-refractivity contribution in [2.24, 2.45) is 11.8 Å². The van der Waals surface area contributed by atoms with E-state index in [0.717, 1.165) is 30.6 Å². The van der Waals surface area contributed by atoms with Crippen LogP contribution in [0.2, 0.25) is 0 Å². The third kappa shape index (κ3) is 7.87. The van der Waals surface area contributed by atoms with Gasteiger partial charge in [-0.25, -0.2) is 0 Å². The Labute approximate surface area is 143 Å². The monoisotopic (exact) mass is 320 g/mol. The number of hydrogen-bond donors (Lipinski definition) is 0. The fourth-order valence-corrected chi connectivity index (χ4v) is 3.22. The summed E-state index contributed by atoms with van der Waals surface area (Å²) in [6, 6.07) is 8.64. The van der Waals surface area contributed by atoms with Gasteiger partial charge in [0.2, 0.25) is 0 Å². The van der Waals surface area contributed by atoms with Crippen LogP contribution < -0.4 is 4.74 Å². The molecular formula is C21H36O2. The Kier molecular flexibility index (Phi) is 8.11. The van der Waals surface area contributed by atoms with E-state index >= 15 is 0 Å². The van der Waals surface area contributed by atoms with Gasteiger partial charge < -0.3 is 9.47 Å². The fraction of sp³-hybridized carbons (Fsp3) is 0.714. The van der Waals surface area contributed by atoms with Crippen LogP contribution in [0.1, 0.15) is 72.3 Å². The molecule has 2 atom stereocenters. The molecule has 2 heteroatoms. The molecule has 0 aliphatic heterocycles. The number of hydrogen-bond acceptors (Lipinski definition) is 2. The molecule has 0 spiro atoms. The first-order valence-corrected chi connectivity index (χ1v) is 9.01. The Morgan fingerprint density at radius 2 is 1.57 bits per heavy atom. The molecule has 0 N–H and O–H groups in total. The lowest BCUT2D eigenvalue weighted by atomic mass is 9.87. The van der Waals surface area contributed by atoms with Crippen molar-refractivity contribution in [3.05, 3.63) is 29.8 Å².